The molecule has 0 radical (unpaired) electrons. The first-order chi connectivity index (χ1) is 13.6. The molecule has 0 aromatic heterocycles. The van der Waals surface area contributed by atoms with E-state index in [1.54, 1.807) is 24.3 Å². The summed E-state index contributed by atoms with van der Waals surface area (Å²) in [4.78, 5) is 40.1. The van der Waals surface area contributed by atoms with Crippen LogP contribution in [0.3, 0.4) is 0 Å². The largest absolute Gasteiger partial charge is 0.477 e. The zero-order valence-electron chi connectivity index (χ0n) is 15.2. The van der Waals surface area contributed by atoms with E-state index >= 15 is 0 Å². The normalized spacial score (nSPS) is 20.3. The van der Waals surface area contributed by atoms with E-state index in [9.17, 15) is 14.4 Å². The van der Waals surface area contributed by atoms with E-state index in [4.69, 9.17) is 4.74 Å². The van der Waals surface area contributed by atoms with Crippen LogP contribution in [0.2, 0.25) is 0 Å². The summed E-state index contributed by atoms with van der Waals surface area (Å²) in [6, 6.07) is 14.6. The molecule has 0 unspecified atom stereocenters. The maximum absolute atomic E-state index is 13.1. The number of likely N-dealkylation sites (N-methyl/N-ethyl adjacent to an activating group) is 1. The van der Waals surface area contributed by atoms with E-state index < -0.39 is 11.4 Å². The van der Waals surface area contributed by atoms with Crippen molar-refractivity contribution in [3.8, 4) is 5.75 Å². The number of fused-ring (bicyclic) bond motifs is 2. The van der Waals surface area contributed by atoms with E-state index in [1.165, 1.54) is 23.7 Å². The van der Waals surface area contributed by atoms with Crippen LogP contribution >= 0.6 is 11.8 Å². The molecule has 0 bridgehead atoms. The number of amides is 3. The maximum atomic E-state index is 13.1. The monoisotopic (exact) mass is 397 g/mol. The molecule has 7 nitrogen and oxygen atoms in total. The molecule has 2 aliphatic rings. The van der Waals surface area contributed by atoms with Crippen LogP contribution in [-0.4, -0.2) is 42.7 Å². The SMILES string of the molecule is CNC(=O)[C@H]1CN(C(=O)C[C@@H]2Sc3ccccc3NC2=O)c2ccccc2O1. The van der Waals surface area contributed by atoms with Gasteiger partial charge in [0.2, 0.25) is 11.8 Å². The highest BCUT2D eigenvalue weighted by Crippen LogP contribution is 2.38. The first kappa shape index (κ1) is 18.4. The Hall–Kier alpha value is -3.00. The van der Waals surface area contributed by atoms with Crippen LogP contribution < -0.4 is 20.3 Å². The average molecular weight is 397 g/mol. The Balaban J connectivity index is 1.55. The first-order valence-electron chi connectivity index (χ1n) is 8.91. The molecule has 8 heteroatoms. The number of anilines is 2. The summed E-state index contributed by atoms with van der Waals surface area (Å²) in [6.07, 6.45) is -0.767. The van der Waals surface area contributed by atoms with Gasteiger partial charge in [-0.15, -0.1) is 11.8 Å². The summed E-state index contributed by atoms with van der Waals surface area (Å²) >= 11 is 1.38. The molecule has 0 fully saturated rings. The van der Waals surface area contributed by atoms with E-state index in [2.05, 4.69) is 10.6 Å². The van der Waals surface area contributed by atoms with Crippen molar-refractivity contribution >= 4 is 40.9 Å². The van der Waals surface area contributed by atoms with Crippen LogP contribution in [0, 0.1) is 0 Å². The molecule has 0 aliphatic carbocycles. The van der Waals surface area contributed by atoms with Crippen molar-refractivity contribution in [1.29, 1.82) is 0 Å². The highest BCUT2D eigenvalue weighted by atomic mass is 32.2. The van der Waals surface area contributed by atoms with Gasteiger partial charge < -0.3 is 20.3 Å². The van der Waals surface area contributed by atoms with E-state index in [0.717, 1.165) is 10.6 Å². The lowest BCUT2D eigenvalue weighted by Crippen LogP contribution is -2.50. The number of benzene rings is 2. The minimum absolute atomic E-state index is 0.0274. The average Bonchev–Trinajstić information content (AvgIpc) is 2.72. The minimum Gasteiger partial charge on any atom is -0.477 e. The Kier molecular flexibility index (Phi) is 4.95. The number of hydrogen-bond acceptors (Lipinski definition) is 5. The van der Waals surface area contributed by atoms with Crippen LogP contribution in [0.15, 0.2) is 53.4 Å². The predicted molar refractivity (Wildman–Crippen MR) is 107 cm³/mol. The van der Waals surface area contributed by atoms with Crippen LogP contribution in [0.1, 0.15) is 6.42 Å². The number of para-hydroxylation sites is 3. The number of carbonyl (C=O) groups is 3. The molecule has 28 heavy (non-hydrogen) atoms. The minimum atomic E-state index is -0.794. The lowest BCUT2D eigenvalue weighted by atomic mass is 10.1. The van der Waals surface area contributed by atoms with Crippen LogP contribution in [0.25, 0.3) is 0 Å². The van der Waals surface area contributed by atoms with Gasteiger partial charge in [-0.2, -0.15) is 0 Å². The summed E-state index contributed by atoms with van der Waals surface area (Å²) in [5, 5.41) is 4.88. The zero-order valence-corrected chi connectivity index (χ0v) is 16.0. The molecule has 2 aliphatic heterocycles. The van der Waals surface area contributed by atoms with Gasteiger partial charge in [0.15, 0.2) is 6.10 Å². The highest BCUT2D eigenvalue weighted by molar-refractivity contribution is 8.01. The van der Waals surface area contributed by atoms with Gasteiger partial charge in [0.1, 0.15) is 5.75 Å². The molecule has 0 saturated heterocycles. The van der Waals surface area contributed by atoms with Crippen LogP contribution in [-0.2, 0) is 14.4 Å². The van der Waals surface area contributed by atoms with Gasteiger partial charge in [0.05, 0.1) is 23.2 Å². The highest BCUT2D eigenvalue weighted by Gasteiger charge is 2.36. The fraction of sp³-hybridized carbons (Fsp3) is 0.250. The van der Waals surface area contributed by atoms with Crippen LogP contribution in [0.4, 0.5) is 11.4 Å². The summed E-state index contributed by atoms with van der Waals surface area (Å²) in [5.74, 6) is -0.245. The number of rotatable bonds is 3. The molecule has 2 atom stereocenters. The molecular weight excluding hydrogens is 378 g/mol. The van der Waals surface area contributed by atoms with Gasteiger partial charge in [-0.25, -0.2) is 0 Å². The van der Waals surface area contributed by atoms with Crippen LogP contribution in [0.5, 0.6) is 5.75 Å². The second-order valence-electron chi connectivity index (χ2n) is 6.49. The smallest absolute Gasteiger partial charge is 0.262 e. The number of nitrogens with zero attached hydrogens (tertiary/aromatic N) is 1. The van der Waals surface area contributed by atoms with Gasteiger partial charge in [-0.1, -0.05) is 24.3 Å². The molecule has 2 aromatic rings. The van der Waals surface area contributed by atoms with E-state index in [-0.39, 0.29) is 30.7 Å². The van der Waals surface area contributed by atoms with Gasteiger partial charge >= 0.3 is 0 Å². The number of nitrogens with one attached hydrogen (secondary N) is 2. The first-order valence-corrected chi connectivity index (χ1v) is 9.79. The molecule has 144 valence electrons. The fourth-order valence-corrected chi connectivity index (χ4v) is 4.37. The molecule has 3 amide bonds. The van der Waals surface area contributed by atoms with Crippen molar-refractivity contribution < 1.29 is 19.1 Å². The summed E-state index contributed by atoms with van der Waals surface area (Å²) in [6.45, 7) is 0.102. The molecular formula is C20H19N3O4S. The third kappa shape index (κ3) is 3.43. The Labute approximate surface area is 166 Å². The molecule has 0 saturated carbocycles. The predicted octanol–water partition coefficient (Wildman–Crippen LogP) is 2.03. The molecule has 2 N–H and O–H groups in total. The summed E-state index contributed by atoms with van der Waals surface area (Å²) < 4.78 is 5.73. The van der Waals surface area contributed by atoms with Crippen molar-refractivity contribution in [1.82, 2.24) is 5.32 Å². The summed E-state index contributed by atoms with van der Waals surface area (Å²) in [7, 11) is 1.53. The molecule has 2 heterocycles. The zero-order chi connectivity index (χ0) is 19.7. The maximum Gasteiger partial charge on any atom is 0.262 e. The van der Waals surface area contributed by atoms with Gasteiger partial charge in [-0.05, 0) is 24.3 Å². The third-order valence-corrected chi connectivity index (χ3v) is 5.96. The molecule has 2 aromatic carbocycles. The lowest BCUT2D eigenvalue weighted by Gasteiger charge is -2.35. The van der Waals surface area contributed by atoms with Crippen molar-refractivity contribution in [3.05, 3.63) is 48.5 Å². The topological polar surface area (TPSA) is 87.7 Å². The Morgan fingerprint density at radius 3 is 2.79 bits per heavy atom. The van der Waals surface area contributed by atoms with Crippen molar-refractivity contribution in [3.63, 3.8) is 0 Å². The third-order valence-electron chi connectivity index (χ3n) is 4.68. The van der Waals surface area contributed by atoms with Gasteiger partial charge in [0.25, 0.3) is 5.91 Å². The van der Waals surface area contributed by atoms with Crippen molar-refractivity contribution in [2.24, 2.45) is 0 Å². The number of hydrogen-bond donors (Lipinski definition) is 2. The molecule has 0 spiro atoms. The fourth-order valence-electron chi connectivity index (χ4n) is 3.26. The Morgan fingerprint density at radius 1 is 1.21 bits per heavy atom. The lowest BCUT2D eigenvalue weighted by molar-refractivity contribution is -0.128. The Morgan fingerprint density at radius 2 is 1.96 bits per heavy atom. The van der Waals surface area contributed by atoms with Crippen molar-refractivity contribution in [2.75, 3.05) is 23.8 Å². The quantitative estimate of drug-likeness (QED) is 0.828. The van der Waals surface area contributed by atoms with Crippen molar-refractivity contribution in [2.45, 2.75) is 22.7 Å². The number of carbonyl (C=O) groups excluding carboxylic acids is 3. The van der Waals surface area contributed by atoms with E-state index in [0.29, 0.717) is 11.4 Å². The van der Waals surface area contributed by atoms with Gasteiger partial charge in [0, 0.05) is 18.4 Å². The second kappa shape index (κ2) is 7.55. The number of ether oxygens (including phenoxy) is 1. The molecule has 4 rings (SSSR count). The number of thioether (sulfide) groups is 1. The van der Waals surface area contributed by atoms with Gasteiger partial charge in [-0.3, -0.25) is 14.4 Å². The second-order valence-corrected chi connectivity index (χ2v) is 7.73. The van der Waals surface area contributed by atoms with E-state index in [1.807, 2.05) is 24.3 Å². The standard InChI is InChI=1S/C20H19N3O4S/c1-21-19(25)15-11-23(13-7-3-4-8-14(13)27-15)18(24)10-17-20(26)22-12-6-2-5-9-16(12)28-17/h2-9,15,17H,10-11H2,1H3,(H,21,25)(H,22,26)/t15-,17+/m1/s1. The summed E-state index contributed by atoms with van der Waals surface area (Å²) in [5.41, 5.74) is 1.37. The Bertz CT molecular complexity index is 949.